The first-order valence-electron chi connectivity index (χ1n) is 5.00. The molecule has 0 bridgehead atoms. The second kappa shape index (κ2) is 4.29. The van der Waals surface area contributed by atoms with Gasteiger partial charge in [0, 0.05) is 13.5 Å². The molecule has 14 heavy (non-hydrogen) atoms. The predicted molar refractivity (Wildman–Crippen MR) is 54.2 cm³/mol. The lowest BCUT2D eigenvalue weighted by Gasteiger charge is -2.16. The smallest absolute Gasteiger partial charge is 0.239 e. The van der Waals surface area contributed by atoms with Gasteiger partial charge < -0.3 is 0 Å². The van der Waals surface area contributed by atoms with Gasteiger partial charge in [0.1, 0.15) is 0 Å². The summed E-state index contributed by atoms with van der Waals surface area (Å²) in [5.41, 5.74) is 0. The molecule has 0 saturated heterocycles. The van der Waals surface area contributed by atoms with E-state index in [1.807, 2.05) is 6.92 Å². The zero-order valence-electron chi connectivity index (χ0n) is 8.69. The third-order valence-corrected chi connectivity index (χ3v) is 4.70. The normalized spacial score (nSPS) is 16.7. The Kier molecular flexibility index (Phi) is 3.53. The molecule has 0 aromatic carbocycles. The third-order valence-electron chi connectivity index (χ3n) is 2.42. The van der Waals surface area contributed by atoms with E-state index in [1.165, 1.54) is 7.05 Å². The van der Waals surface area contributed by atoms with Crippen LogP contribution in [0.1, 0.15) is 39.0 Å². The Labute approximate surface area is 85.3 Å². The van der Waals surface area contributed by atoms with Crippen molar-refractivity contribution in [2.24, 2.45) is 0 Å². The van der Waals surface area contributed by atoms with Gasteiger partial charge in [0.25, 0.3) is 0 Å². The fourth-order valence-corrected chi connectivity index (χ4v) is 2.77. The van der Waals surface area contributed by atoms with E-state index in [-0.39, 0.29) is 11.2 Å². The van der Waals surface area contributed by atoms with Gasteiger partial charge in [0.2, 0.25) is 15.9 Å². The molecule has 1 saturated carbocycles. The van der Waals surface area contributed by atoms with Crippen LogP contribution in [-0.2, 0) is 14.8 Å². The second-order valence-corrected chi connectivity index (χ2v) is 5.95. The molecule has 5 heteroatoms. The lowest BCUT2D eigenvalue weighted by molar-refractivity contribution is -0.125. The molecule has 4 nitrogen and oxygen atoms in total. The molecule has 0 aromatic heterocycles. The Balaban J connectivity index is 2.55. The SMILES string of the molecule is CCCCC(=O)N(C)S(=O)(=O)C1CC1. The monoisotopic (exact) mass is 219 g/mol. The molecule has 82 valence electrons. The molecular formula is C9H17NO3S. The van der Waals surface area contributed by atoms with Crippen LogP contribution in [0.5, 0.6) is 0 Å². The zero-order valence-corrected chi connectivity index (χ0v) is 9.51. The van der Waals surface area contributed by atoms with Gasteiger partial charge in [-0.3, -0.25) is 4.79 Å². The average molecular weight is 219 g/mol. The van der Waals surface area contributed by atoms with E-state index >= 15 is 0 Å². The maximum Gasteiger partial charge on any atom is 0.239 e. The van der Waals surface area contributed by atoms with Gasteiger partial charge in [0.15, 0.2) is 0 Å². The number of sulfonamides is 1. The molecule has 0 N–H and O–H groups in total. The molecule has 1 aliphatic rings. The Bertz CT molecular complexity index is 306. The molecular weight excluding hydrogens is 202 g/mol. The summed E-state index contributed by atoms with van der Waals surface area (Å²) in [7, 11) is -1.94. The Morgan fingerprint density at radius 2 is 2.00 bits per heavy atom. The number of unbranched alkanes of at least 4 members (excludes halogenated alkanes) is 1. The van der Waals surface area contributed by atoms with E-state index in [4.69, 9.17) is 0 Å². The van der Waals surface area contributed by atoms with Gasteiger partial charge in [-0.15, -0.1) is 0 Å². The van der Waals surface area contributed by atoms with E-state index in [2.05, 4.69) is 0 Å². The van der Waals surface area contributed by atoms with Gasteiger partial charge in [0.05, 0.1) is 5.25 Å². The number of nitrogens with zero attached hydrogens (tertiary/aromatic N) is 1. The summed E-state index contributed by atoms with van der Waals surface area (Å²) < 4.78 is 24.1. The van der Waals surface area contributed by atoms with Crippen molar-refractivity contribution >= 4 is 15.9 Å². The Hall–Kier alpha value is -0.580. The van der Waals surface area contributed by atoms with Crippen molar-refractivity contribution in [1.29, 1.82) is 0 Å². The molecule has 0 atom stereocenters. The van der Waals surface area contributed by atoms with E-state index in [0.29, 0.717) is 19.3 Å². The molecule has 1 amide bonds. The van der Waals surface area contributed by atoms with Crippen LogP contribution < -0.4 is 0 Å². The molecule has 0 spiro atoms. The first-order valence-corrected chi connectivity index (χ1v) is 6.51. The summed E-state index contributed by atoms with van der Waals surface area (Å²) in [4.78, 5) is 11.4. The van der Waals surface area contributed by atoms with Gasteiger partial charge in [-0.1, -0.05) is 13.3 Å². The van der Waals surface area contributed by atoms with Gasteiger partial charge in [-0.25, -0.2) is 12.7 Å². The van der Waals surface area contributed by atoms with Crippen molar-refractivity contribution in [3.8, 4) is 0 Å². The van der Waals surface area contributed by atoms with Crippen molar-refractivity contribution in [3.63, 3.8) is 0 Å². The number of hydrogen-bond acceptors (Lipinski definition) is 3. The number of rotatable bonds is 5. The standard InChI is InChI=1S/C9H17NO3S/c1-3-4-5-9(11)10(2)14(12,13)8-6-7-8/h8H,3-7H2,1-2H3. The fraction of sp³-hybridized carbons (Fsp3) is 0.889. The minimum absolute atomic E-state index is 0.279. The van der Waals surface area contributed by atoms with E-state index < -0.39 is 10.0 Å². The largest absolute Gasteiger partial charge is 0.274 e. The highest BCUT2D eigenvalue weighted by molar-refractivity contribution is 7.90. The Morgan fingerprint density at radius 3 is 2.43 bits per heavy atom. The predicted octanol–water partition coefficient (Wildman–Crippen LogP) is 1.13. The van der Waals surface area contributed by atoms with Crippen LogP contribution >= 0.6 is 0 Å². The molecule has 0 aliphatic heterocycles. The van der Waals surface area contributed by atoms with Crippen LogP contribution in [0.4, 0.5) is 0 Å². The van der Waals surface area contributed by atoms with Crippen molar-refractivity contribution in [1.82, 2.24) is 4.31 Å². The van der Waals surface area contributed by atoms with Gasteiger partial charge in [-0.05, 0) is 19.3 Å². The first-order chi connectivity index (χ1) is 6.50. The lowest BCUT2D eigenvalue weighted by atomic mass is 10.2. The highest BCUT2D eigenvalue weighted by Crippen LogP contribution is 2.30. The van der Waals surface area contributed by atoms with Crippen molar-refractivity contribution in [3.05, 3.63) is 0 Å². The van der Waals surface area contributed by atoms with E-state index in [0.717, 1.165) is 17.1 Å². The van der Waals surface area contributed by atoms with E-state index in [9.17, 15) is 13.2 Å². The number of carbonyl (C=O) groups excluding carboxylic acids is 1. The number of carbonyl (C=O) groups is 1. The van der Waals surface area contributed by atoms with Gasteiger partial charge in [-0.2, -0.15) is 0 Å². The molecule has 1 aliphatic carbocycles. The number of hydrogen-bond donors (Lipinski definition) is 0. The summed E-state index contributed by atoms with van der Waals surface area (Å²) in [6.45, 7) is 1.97. The topological polar surface area (TPSA) is 54.5 Å². The second-order valence-electron chi connectivity index (χ2n) is 3.71. The summed E-state index contributed by atoms with van der Waals surface area (Å²) >= 11 is 0. The minimum Gasteiger partial charge on any atom is -0.274 e. The molecule has 0 unspecified atom stereocenters. The van der Waals surface area contributed by atoms with Crippen LogP contribution in [0.15, 0.2) is 0 Å². The van der Waals surface area contributed by atoms with Crippen molar-refractivity contribution < 1.29 is 13.2 Å². The maximum atomic E-state index is 11.6. The fourth-order valence-electron chi connectivity index (χ4n) is 1.22. The minimum atomic E-state index is -3.31. The maximum absolute atomic E-state index is 11.6. The van der Waals surface area contributed by atoms with Crippen LogP contribution in [-0.4, -0.2) is 30.9 Å². The third kappa shape index (κ3) is 2.47. The van der Waals surface area contributed by atoms with Crippen LogP contribution in [0.25, 0.3) is 0 Å². The molecule has 1 fully saturated rings. The highest BCUT2D eigenvalue weighted by Gasteiger charge is 2.40. The van der Waals surface area contributed by atoms with Crippen LogP contribution in [0, 0.1) is 0 Å². The quantitative estimate of drug-likeness (QED) is 0.696. The number of amides is 1. The summed E-state index contributed by atoms with van der Waals surface area (Å²) in [6, 6.07) is 0. The highest BCUT2D eigenvalue weighted by atomic mass is 32.2. The average Bonchev–Trinajstić information content (AvgIpc) is 2.95. The molecule has 0 heterocycles. The van der Waals surface area contributed by atoms with E-state index in [1.54, 1.807) is 0 Å². The van der Waals surface area contributed by atoms with Crippen molar-refractivity contribution in [2.75, 3.05) is 7.05 Å². The molecule has 1 rings (SSSR count). The first kappa shape index (κ1) is 11.5. The van der Waals surface area contributed by atoms with Gasteiger partial charge >= 0.3 is 0 Å². The zero-order chi connectivity index (χ0) is 10.8. The lowest BCUT2D eigenvalue weighted by Crippen LogP contribution is -2.35. The van der Waals surface area contributed by atoms with Crippen LogP contribution in [0.2, 0.25) is 0 Å². The molecule has 0 aromatic rings. The molecule has 0 radical (unpaired) electrons. The van der Waals surface area contributed by atoms with Crippen LogP contribution in [0.3, 0.4) is 0 Å². The summed E-state index contributed by atoms with van der Waals surface area (Å²) in [5, 5.41) is -0.293. The summed E-state index contributed by atoms with van der Waals surface area (Å²) in [5.74, 6) is -0.279. The Morgan fingerprint density at radius 1 is 1.43 bits per heavy atom. The van der Waals surface area contributed by atoms with Crippen molar-refractivity contribution in [2.45, 2.75) is 44.3 Å². The summed E-state index contributed by atoms with van der Waals surface area (Å²) in [6.07, 6.45) is 3.40.